The van der Waals surface area contributed by atoms with Gasteiger partial charge < -0.3 is 102 Å². The molecule has 35 N–H and O–H groups in total. The van der Waals surface area contributed by atoms with Crippen LogP contribution in [0.1, 0.15) is 109 Å². The summed E-state index contributed by atoms with van der Waals surface area (Å²) in [6, 6.07) is 7.92. The van der Waals surface area contributed by atoms with Crippen molar-refractivity contribution in [2.24, 2.45) is 179 Å². The van der Waals surface area contributed by atoms with Gasteiger partial charge >= 0.3 is 0 Å². The van der Waals surface area contributed by atoms with E-state index in [1.54, 1.807) is 43.3 Å². The Hall–Kier alpha value is -10.3. The third-order valence-corrected chi connectivity index (χ3v) is 17.4. The summed E-state index contributed by atoms with van der Waals surface area (Å²) in [6.45, 7) is -1.05. The molecular weight excluding hydrogens is 1300 g/mol. The lowest BCUT2D eigenvalue weighted by atomic mass is 9.71. The Bertz CT molecular complexity index is 3410. The highest BCUT2D eigenvalue weighted by Crippen LogP contribution is 2.34. The minimum absolute atomic E-state index is 0.00733. The molecule has 0 radical (unpaired) electrons. The Labute approximate surface area is 576 Å². The maximum atomic E-state index is 16.1. The molecule has 2 aromatic carbocycles. The number of aliphatic imine (C=N–C) groups is 8. The van der Waals surface area contributed by atoms with Gasteiger partial charge in [0.05, 0.1) is 46.4 Å². The number of carbonyl (C=O) groups is 8. The van der Waals surface area contributed by atoms with Gasteiger partial charge in [0, 0.05) is 95.3 Å². The fraction of sp³-hybridized carbons (Fsp3) is 0.574. The monoisotopic (exact) mass is 1410 g/mol. The fourth-order valence-electron chi connectivity index (χ4n) is 11.2. The summed E-state index contributed by atoms with van der Waals surface area (Å²) in [6.07, 6.45) is -3.83. The second-order valence-corrected chi connectivity index (χ2v) is 25.5. The molecule has 0 bridgehead atoms. The number of ketones is 7. The number of amides is 1. The molecule has 0 saturated carbocycles. The number of nitrogens with zero attached hydrogens (tertiary/aromatic N) is 9. The van der Waals surface area contributed by atoms with Gasteiger partial charge in [-0.15, -0.1) is 0 Å². The van der Waals surface area contributed by atoms with Crippen LogP contribution in [-0.2, 0) is 48.4 Å². The van der Waals surface area contributed by atoms with Crippen molar-refractivity contribution < 1.29 is 46.8 Å². The van der Waals surface area contributed by atoms with E-state index in [9.17, 15) is 18.0 Å². The predicted octanol–water partition coefficient (Wildman–Crippen LogP) is -4.85. The van der Waals surface area contributed by atoms with E-state index >= 15 is 28.8 Å². The van der Waals surface area contributed by atoms with Gasteiger partial charge in [0.1, 0.15) is 5.78 Å². The van der Waals surface area contributed by atoms with E-state index in [1.165, 1.54) is 12.1 Å². The highest BCUT2D eigenvalue weighted by molar-refractivity contribution is 7.89. The Kier molecular flexibility index (Phi) is 37.5. The normalized spacial score (nSPS) is 13.6. The third-order valence-electron chi connectivity index (χ3n) is 15.9. The number of rotatable bonds is 52. The second kappa shape index (κ2) is 43.8. The second-order valence-electron chi connectivity index (χ2n) is 23.8. The molecule has 0 aromatic heterocycles. The minimum atomic E-state index is -4.70. The van der Waals surface area contributed by atoms with Crippen LogP contribution in [0.15, 0.2) is 81.2 Å². The van der Waals surface area contributed by atoms with Crippen LogP contribution in [0.4, 0.5) is 5.69 Å². The molecule has 38 heteroatoms. The SMILES string of the molecule is CN(C)c1cccc2c(S(=O)(=O)N[C@H](CCCN=C(N)N)C(=O)[C@H](CCCN=C(N)N)C(=O)[C@H](CCCN=C(N)N)C(=O)[C@H](CCCN=C(N)N)C(=O)[C@H](CCCN=C(N)N)C(=O)[C@H](CCCN=C(N)N)C(=O)[C@H](CCCN=C(N)N)C(=O)C[C@H](CCCN=C(N)N)C(N)=O)cccc12. The first-order chi connectivity index (χ1) is 46.6. The lowest BCUT2D eigenvalue weighted by molar-refractivity contribution is -0.145. The van der Waals surface area contributed by atoms with Crippen LogP contribution in [0.2, 0.25) is 0 Å². The highest BCUT2D eigenvalue weighted by Gasteiger charge is 2.47. The number of sulfonamides is 1. The van der Waals surface area contributed by atoms with Crippen LogP contribution in [0.25, 0.3) is 10.8 Å². The average molecular weight is 1410 g/mol. The lowest BCUT2D eigenvalue weighted by Gasteiger charge is -2.29. The molecule has 0 aliphatic carbocycles. The quantitative estimate of drug-likeness (QED) is 0.0128. The van der Waals surface area contributed by atoms with E-state index in [0.717, 1.165) is 0 Å². The number of nitrogens with two attached hydrogens (primary N) is 17. The van der Waals surface area contributed by atoms with Gasteiger partial charge in [0.25, 0.3) is 0 Å². The van der Waals surface area contributed by atoms with Crippen LogP contribution < -0.4 is 107 Å². The smallest absolute Gasteiger partial charge is 0.241 e. The number of Topliss-reactive ketones (excluding diaryl/α,β-unsaturated/α-hetero) is 7. The van der Waals surface area contributed by atoms with Crippen LogP contribution in [0, 0.1) is 41.4 Å². The molecule has 99 heavy (non-hydrogen) atoms. The average Bonchev–Trinajstić information content (AvgIpc) is 0.780. The van der Waals surface area contributed by atoms with Crippen molar-refractivity contribution in [1.82, 2.24) is 4.72 Å². The summed E-state index contributed by atoms with van der Waals surface area (Å²) in [4.78, 5) is 156. The first-order valence-corrected chi connectivity index (χ1v) is 33.8. The topological polar surface area (TPSA) is 727 Å². The number of guanidine groups is 8. The molecule has 0 fully saturated rings. The molecular formula is C61H105N27O10S. The number of fused-ring (bicyclic) bond motifs is 1. The molecule has 550 valence electrons. The Morgan fingerprint density at radius 1 is 0.364 bits per heavy atom. The zero-order chi connectivity index (χ0) is 74.5. The maximum absolute atomic E-state index is 16.1. The van der Waals surface area contributed by atoms with Crippen LogP contribution in [0.3, 0.4) is 0 Å². The number of hydrogen-bond acceptors (Lipinski definition) is 19. The molecule has 2 rings (SSSR count). The Morgan fingerprint density at radius 3 is 0.949 bits per heavy atom. The van der Waals surface area contributed by atoms with Gasteiger partial charge in [0.2, 0.25) is 15.9 Å². The van der Waals surface area contributed by atoms with E-state index in [-0.39, 0.29) is 176 Å². The summed E-state index contributed by atoms with van der Waals surface area (Å²) in [5, 5.41) is 0.842. The molecule has 8 atom stereocenters. The molecule has 0 heterocycles. The largest absolute Gasteiger partial charge is 0.377 e. The van der Waals surface area contributed by atoms with E-state index in [2.05, 4.69) is 44.7 Å². The van der Waals surface area contributed by atoms with Crippen LogP contribution >= 0.6 is 0 Å². The minimum Gasteiger partial charge on any atom is -0.377 e. The Morgan fingerprint density at radius 2 is 0.636 bits per heavy atom. The van der Waals surface area contributed by atoms with Crippen molar-refractivity contribution in [3.8, 4) is 0 Å². The van der Waals surface area contributed by atoms with Gasteiger partial charge in [-0.1, -0.05) is 24.3 Å². The molecule has 2 aromatic rings. The number of nitrogens with one attached hydrogen (secondary N) is 1. The van der Waals surface area contributed by atoms with Crippen molar-refractivity contribution in [1.29, 1.82) is 0 Å². The van der Waals surface area contributed by atoms with E-state index in [1.807, 2.05) is 0 Å². The summed E-state index contributed by atoms with van der Waals surface area (Å²) in [7, 11) is -1.14. The first kappa shape index (κ1) is 84.8. The molecule has 0 aliphatic heterocycles. The number of anilines is 1. The number of carbonyl (C=O) groups excluding carboxylic acids is 8. The zero-order valence-corrected chi connectivity index (χ0v) is 57.4. The van der Waals surface area contributed by atoms with Crippen LogP contribution in [-0.4, -0.2) is 175 Å². The molecule has 0 saturated heterocycles. The number of hydrogen-bond donors (Lipinski definition) is 18. The van der Waals surface area contributed by atoms with E-state index in [0.29, 0.717) is 16.5 Å². The number of primary amides is 1. The van der Waals surface area contributed by atoms with Crippen molar-refractivity contribution in [3.05, 3.63) is 36.4 Å². The van der Waals surface area contributed by atoms with Gasteiger partial charge in [-0.05, 0) is 115 Å². The molecule has 0 aliphatic rings. The highest BCUT2D eigenvalue weighted by atomic mass is 32.2. The number of benzene rings is 2. The molecule has 37 nitrogen and oxygen atoms in total. The van der Waals surface area contributed by atoms with E-state index in [4.69, 9.17) is 97.5 Å². The van der Waals surface area contributed by atoms with Crippen molar-refractivity contribution in [2.75, 3.05) is 71.4 Å². The van der Waals surface area contributed by atoms with Crippen LogP contribution in [0.5, 0.6) is 0 Å². The third kappa shape index (κ3) is 30.8. The van der Waals surface area contributed by atoms with Crippen molar-refractivity contribution >= 4 is 121 Å². The van der Waals surface area contributed by atoms with Gasteiger partial charge in [-0.25, -0.2) is 13.1 Å². The standard InChI is InChI=1S/C61H105N27O10S/c1-88(2)44-23-3-15-36-35(44)14-4-24-46(36)99(97,98)87-43(22-12-32-86-61(77)78)52(95)42(21-11-31-85-60(75)76)51(94)41(20-10-30-84-59(73)74)50(93)40(19-9-29-83-58(71)72)49(92)39(18-8-28-82-57(69)70)48(91)38(17-7-27-81-56(67)68)47(90)37(16-6-26-80-55(65)66)45(89)33-34(53(62)96)13-5-25-79-54(63)64/h3-4,14-15,23-24,34,37-43,87H,5-13,16-22,25-33H2,1-2H3,(H2,62,96)(H4,63,64,79)(H4,65,66,80)(H4,67,68,81)(H4,69,70,82)(H4,71,72,83)(H4,73,74,84)(H4,75,76,85)(H4,77,78,86)/t34-,37+,38+,39+,40+,41+,42+,43+/m0/s1. The van der Waals surface area contributed by atoms with E-state index < -0.39 is 142 Å². The summed E-state index contributed by atoms with van der Waals surface area (Å²) < 4.78 is 32.3. The lowest BCUT2D eigenvalue weighted by Crippen LogP contribution is -2.48. The van der Waals surface area contributed by atoms with Crippen molar-refractivity contribution in [2.45, 2.75) is 120 Å². The first-order valence-electron chi connectivity index (χ1n) is 32.3. The van der Waals surface area contributed by atoms with Crippen molar-refractivity contribution in [3.63, 3.8) is 0 Å². The predicted molar refractivity (Wildman–Crippen MR) is 385 cm³/mol. The summed E-state index contributed by atoms with van der Waals surface area (Å²) in [5.74, 6) is -23.0. The summed E-state index contributed by atoms with van der Waals surface area (Å²) >= 11 is 0. The molecule has 0 unspecified atom stereocenters. The fourth-order valence-corrected chi connectivity index (χ4v) is 12.7. The summed E-state index contributed by atoms with van der Waals surface area (Å²) in [5.41, 5.74) is 96.8. The Balaban J connectivity index is 3.19. The van der Waals surface area contributed by atoms with Gasteiger partial charge in [-0.2, -0.15) is 0 Å². The van der Waals surface area contributed by atoms with Gasteiger partial charge in [-0.3, -0.25) is 78.3 Å². The van der Waals surface area contributed by atoms with Gasteiger partial charge in [0.15, 0.2) is 82.4 Å². The molecule has 0 spiro atoms. The molecule has 1 amide bonds. The maximum Gasteiger partial charge on any atom is 0.241 e. The zero-order valence-electron chi connectivity index (χ0n) is 56.6.